The molecule has 0 saturated carbocycles. The van der Waals surface area contributed by atoms with Crippen LogP contribution in [0.15, 0.2) is 18.2 Å². The molecule has 0 fully saturated rings. The molecule has 1 N–H and O–H groups in total. The molecule has 0 aliphatic rings. The lowest BCUT2D eigenvalue weighted by Gasteiger charge is -2.03. The predicted octanol–water partition coefficient (Wildman–Crippen LogP) is 2.34. The van der Waals surface area contributed by atoms with Gasteiger partial charge in [0.05, 0.1) is 11.0 Å². The van der Waals surface area contributed by atoms with Crippen molar-refractivity contribution in [2.45, 2.75) is 19.9 Å². The van der Waals surface area contributed by atoms with Crippen LogP contribution in [0.4, 0.5) is 0 Å². The van der Waals surface area contributed by atoms with Crippen molar-refractivity contribution >= 4 is 28.6 Å². The molecule has 0 amide bonds. The average Bonchev–Trinajstić information content (AvgIpc) is 2.55. The van der Waals surface area contributed by atoms with Gasteiger partial charge in [0.15, 0.2) is 0 Å². The molecule has 0 atom stereocenters. The molecule has 2 rings (SSSR count). The molecule has 0 saturated heterocycles. The van der Waals surface area contributed by atoms with E-state index in [1.54, 1.807) is 22.8 Å². The van der Waals surface area contributed by atoms with Crippen LogP contribution >= 0.6 is 11.6 Å². The quantitative estimate of drug-likeness (QED) is 0.893. The van der Waals surface area contributed by atoms with Crippen LogP contribution in [0.25, 0.3) is 11.0 Å². The summed E-state index contributed by atoms with van der Waals surface area (Å²) >= 11 is 5.86. The fourth-order valence-corrected chi connectivity index (χ4v) is 1.90. The highest BCUT2D eigenvalue weighted by Gasteiger charge is 2.11. The number of rotatable bonds is 3. The molecule has 0 aliphatic carbocycles. The molecule has 0 aliphatic heterocycles. The Morgan fingerprint density at radius 1 is 1.56 bits per heavy atom. The van der Waals surface area contributed by atoms with Gasteiger partial charge in [-0.05, 0) is 18.2 Å². The summed E-state index contributed by atoms with van der Waals surface area (Å²) in [5, 5.41) is 9.45. The second-order valence-electron chi connectivity index (χ2n) is 3.49. The molecule has 84 valence electrons. The van der Waals surface area contributed by atoms with Crippen LogP contribution in [0.5, 0.6) is 0 Å². The molecule has 1 heterocycles. The van der Waals surface area contributed by atoms with Crippen LogP contribution in [0.1, 0.15) is 12.7 Å². The van der Waals surface area contributed by atoms with Crippen molar-refractivity contribution in [1.82, 2.24) is 9.55 Å². The third-order valence-corrected chi connectivity index (χ3v) is 2.63. The van der Waals surface area contributed by atoms with E-state index in [0.29, 0.717) is 11.4 Å². The topological polar surface area (TPSA) is 55.1 Å². The summed E-state index contributed by atoms with van der Waals surface area (Å²) < 4.78 is 1.70. The van der Waals surface area contributed by atoms with Gasteiger partial charge in [-0.1, -0.05) is 18.5 Å². The highest BCUT2D eigenvalue weighted by Crippen LogP contribution is 2.20. The monoisotopic (exact) mass is 238 g/mol. The van der Waals surface area contributed by atoms with Crippen molar-refractivity contribution in [3.8, 4) is 0 Å². The SMILES string of the molecule is CCc1nc2cc(Cl)ccc2n1CC(=O)O. The molecule has 5 heteroatoms. The number of aliphatic carboxylic acids is 1. The van der Waals surface area contributed by atoms with Gasteiger partial charge in [-0.2, -0.15) is 0 Å². The van der Waals surface area contributed by atoms with E-state index < -0.39 is 5.97 Å². The molecule has 0 radical (unpaired) electrons. The Balaban J connectivity index is 2.63. The van der Waals surface area contributed by atoms with Gasteiger partial charge in [-0.3, -0.25) is 4.79 Å². The molecule has 0 spiro atoms. The first-order valence-corrected chi connectivity index (χ1v) is 5.36. The number of hydrogen-bond donors (Lipinski definition) is 1. The number of halogens is 1. The zero-order valence-electron chi connectivity index (χ0n) is 8.77. The minimum absolute atomic E-state index is 0.0681. The number of aromatic nitrogens is 2. The number of hydrogen-bond acceptors (Lipinski definition) is 2. The van der Waals surface area contributed by atoms with Crippen LogP contribution in [-0.2, 0) is 17.8 Å². The first-order chi connectivity index (χ1) is 7.61. The summed E-state index contributed by atoms with van der Waals surface area (Å²) in [6.45, 7) is 1.88. The highest BCUT2D eigenvalue weighted by atomic mass is 35.5. The van der Waals surface area contributed by atoms with Gasteiger partial charge < -0.3 is 9.67 Å². The van der Waals surface area contributed by atoms with Gasteiger partial charge in [0.2, 0.25) is 0 Å². The van der Waals surface area contributed by atoms with E-state index in [-0.39, 0.29) is 6.54 Å². The Bertz CT molecular complexity index is 548. The Kier molecular flexibility index (Phi) is 2.83. The van der Waals surface area contributed by atoms with Crippen molar-refractivity contribution in [1.29, 1.82) is 0 Å². The van der Waals surface area contributed by atoms with Crippen molar-refractivity contribution in [3.05, 3.63) is 29.0 Å². The summed E-state index contributed by atoms with van der Waals surface area (Å²) in [6.07, 6.45) is 0.694. The van der Waals surface area contributed by atoms with Crippen LogP contribution in [-0.4, -0.2) is 20.6 Å². The molecule has 1 aromatic heterocycles. The van der Waals surface area contributed by atoms with Gasteiger partial charge in [0.1, 0.15) is 12.4 Å². The number of carboxylic acids is 1. The van der Waals surface area contributed by atoms with E-state index in [4.69, 9.17) is 16.7 Å². The fourth-order valence-electron chi connectivity index (χ4n) is 1.73. The van der Waals surface area contributed by atoms with Gasteiger partial charge in [0.25, 0.3) is 0 Å². The Labute approximate surface area is 97.5 Å². The maximum atomic E-state index is 10.8. The fraction of sp³-hybridized carbons (Fsp3) is 0.273. The Morgan fingerprint density at radius 3 is 2.94 bits per heavy atom. The van der Waals surface area contributed by atoms with E-state index in [9.17, 15) is 4.79 Å². The first-order valence-electron chi connectivity index (χ1n) is 4.98. The summed E-state index contributed by atoms with van der Waals surface area (Å²) in [5.41, 5.74) is 1.55. The van der Waals surface area contributed by atoms with Gasteiger partial charge >= 0.3 is 5.97 Å². The lowest BCUT2D eigenvalue weighted by molar-refractivity contribution is -0.137. The molecule has 2 aromatic rings. The molecule has 1 aromatic carbocycles. The smallest absolute Gasteiger partial charge is 0.323 e. The summed E-state index contributed by atoms with van der Waals surface area (Å²) in [5.74, 6) is -0.108. The second-order valence-corrected chi connectivity index (χ2v) is 3.93. The van der Waals surface area contributed by atoms with Crippen molar-refractivity contribution < 1.29 is 9.90 Å². The Hall–Kier alpha value is -1.55. The van der Waals surface area contributed by atoms with E-state index in [2.05, 4.69) is 4.98 Å². The summed E-state index contributed by atoms with van der Waals surface area (Å²) in [7, 11) is 0. The molecule has 0 unspecified atom stereocenters. The summed E-state index contributed by atoms with van der Waals surface area (Å²) in [4.78, 5) is 15.1. The Morgan fingerprint density at radius 2 is 2.31 bits per heavy atom. The van der Waals surface area contributed by atoms with Crippen LogP contribution in [0.3, 0.4) is 0 Å². The molecule has 0 bridgehead atoms. The van der Waals surface area contributed by atoms with Crippen LogP contribution in [0.2, 0.25) is 5.02 Å². The normalized spacial score (nSPS) is 10.9. The highest BCUT2D eigenvalue weighted by molar-refractivity contribution is 6.31. The lowest BCUT2D eigenvalue weighted by atomic mass is 10.3. The summed E-state index contributed by atoms with van der Waals surface area (Å²) in [6, 6.07) is 5.28. The first kappa shape index (κ1) is 11.0. The number of carbonyl (C=O) groups is 1. The number of aryl methyl sites for hydroxylation is 1. The molecule has 16 heavy (non-hydrogen) atoms. The molecular weight excluding hydrogens is 228 g/mol. The minimum atomic E-state index is -0.871. The molecular formula is C11H11ClN2O2. The van der Waals surface area contributed by atoms with Gasteiger partial charge in [0, 0.05) is 11.4 Å². The average molecular weight is 239 g/mol. The standard InChI is InChI=1S/C11H11ClN2O2/c1-2-10-13-8-5-7(12)3-4-9(8)14(10)6-11(15)16/h3-5H,2,6H2,1H3,(H,15,16). The van der Waals surface area contributed by atoms with E-state index in [1.165, 1.54) is 0 Å². The van der Waals surface area contributed by atoms with Crippen LogP contribution < -0.4 is 0 Å². The van der Waals surface area contributed by atoms with E-state index in [0.717, 1.165) is 16.9 Å². The number of nitrogens with zero attached hydrogens (tertiary/aromatic N) is 2. The van der Waals surface area contributed by atoms with E-state index in [1.807, 2.05) is 6.92 Å². The third-order valence-electron chi connectivity index (χ3n) is 2.40. The second kappa shape index (κ2) is 4.14. The zero-order valence-corrected chi connectivity index (χ0v) is 9.53. The zero-order chi connectivity index (χ0) is 11.7. The van der Waals surface area contributed by atoms with Crippen molar-refractivity contribution in [2.24, 2.45) is 0 Å². The minimum Gasteiger partial charge on any atom is -0.480 e. The number of fused-ring (bicyclic) bond motifs is 1. The van der Waals surface area contributed by atoms with Crippen molar-refractivity contribution in [2.75, 3.05) is 0 Å². The third kappa shape index (κ3) is 1.88. The van der Waals surface area contributed by atoms with Crippen LogP contribution in [0, 0.1) is 0 Å². The molecule has 4 nitrogen and oxygen atoms in total. The maximum absolute atomic E-state index is 10.8. The van der Waals surface area contributed by atoms with Gasteiger partial charge in [-0.25, -0.2) is 4.98 Å². The predicted molar refractivity (Wildman–Crippen MR) is 61.8 cm³/mol. The van der Waals surface area contributed by atoms with E-state index >= 15 is 0 Å². The maximum Gasteiger partial charge on any atom is 0.323 e. The number of carboxylic acid groups (broad SMARTS) is 1. The largest absolute Gasteiger partial charge is 0.480 e. The van der Waals surface area contributed by atoms with Crippen molar-refractivity contribution in [3.63, 3.8) is 0 Å². The lowest BCUT2D eigenvalue weighted by Crippen LogP contribution is -2.11. The van der Waals surface area contributed by atoms with Gasteiger partial charge in [-0.15, -0.1) is 0 Å². The number of benzene rings is 1. The number of imidazole rings is 1.